The van der Waals surface area contributed by atoms with Gasteiger partial charge in [0, 0.05) is 19.6 Å². The van der Waals surface area contributed by atoms with Gasteiger partial charge in [0.25, 0.3) is 0 Å². The first-order chi connectivity index (χ1) is 6.22. The lowest BCUT2D eigenvalue weighted by molar-refractivity contribution is -0.141. The molecule has 0 aromatic heterocycles. The molecule has 0 N–H and O–H groups in total. The molecule has 1 saturated heterocycles. The highest BCUT2D eigenvalue weighted by atomic mass is 16.6. The monoisotopic (exact) mass is 184 g/mol. The van der Waals surface area contributed by atoms with Crippen molar-refractivity contribution in [2.75, 3.05) is 13.7 Å². The number of esters is 1. The minimum atomic E-state index is -0.0250. The molecule has 0 amide bonds. The fraction of sp³-hybridized carbons (Fsp3) is 0.900. The molecule has 1 heterocycles. The summed E-state index contributed by atoms with van der Waals surface area (Å²) in [6, 6.07) is 0. The summed E-state index contributed by atoms with van der Waals surface area (Å²) in [5, 5.41) is 0. The number of carbonyl (C=O) groups is 1. The van der Waals surface area contributed by atoms with Crippen LogP contribution in [0.1, 0.15) is 19.8 Å². The van der Waals surface area contributed by atoms with Gasteiger partial charge < -0.3 is 9.47 Å². The van der Waals surface area contributed by atoms with E-state index in [1.165, 1.54) is 0 Å². The Labute approximate surface area is 78.4 Å². The van der Waals surface area contributed by atoms with Crippen molar-refractivity contribution < 1.29 is 14.3 Å². The molecule has 13 heavy (non-hydrogen) atoms. The van der Waals surface area contributed by atoms with E-state index in [1.807, 2.05) is 0 Å². The van der Waals surface area contributed by atoms with E-state index in [2.05, 4.69) is 6.92 Å². The predicted octanol–water partition coefficient (Wildman–Crippen LogP) is 1.22. The summed E-state index contributed by atoms with van der Waals surface area (Å²) < 4.78 is 10.4. The Morgan fingerprint density at radius 3 is 3.08 bits per heavy atom. The minimum Gasteiger partial charge on any atom is -0.462 e. The number of rotatable bonds is 2. The third-order valence-electron chi connectivity index (χ3n) is 3.41. The van der Waals surface area contributed by atoms with E-state index in [0.717, 1.165) is 13.0 Å². The second kappa shape index (κ2) is 3.29. The fourth-order valence-corrected chi connectivity index (χ4v) is 2.72. The zero-order valence-corrected chi connectivity index (χ0v) is 8.16. The smallest absolute Gasteiger partial charge is 0.306 e. The molecule has 0 radical (unpaired) electrons. The van der Waals surface area contributed by atoms with Gasteiger partial charge in [-0.15, -0.1) is 0 Å². The van der Waals surface area contributed by atoms with Crippen LogP contribution in [0.15, 0.2) is 0 Å². The van der Waals surface area contributed by atoms with Crippen molar-refractivity contribution in [1.29, 1.82) is 0 Å². The second-order valence-electron chi connectivity index (χ2n) is 4.23. The van der Waals surface area contributed by atoms with Gasteiger partial charge in [-0.25, -0.2) is 0 Å². The highest BCUT2D eigenvalue weighted by molar-refractivity contribution is 5.72. The van der Waals surface area contributed by atoms with Crippen LogP contribution in [0.5, 0.6) is 0 Å². The maximum absolute atomic E-state index is 11.1. The van der Waals surface area contributed by atoms with Crippen molar-refractivity contribution >= 4 is 5.97 Å². The van der Waals surface area contributed by atoms with Crippen LogP contribution >= 0.6 is 0 Å². The predicted molar refractivity (Wildman–Crippen MR) is 47.1 cm³/mol. The molecule has 2 aliphatic rings. The van der Waals surface area contributed by atoms with Crippen LogP contribution in [-0.2, 0) is 14.3 Å². The molecular formula is C10H16O3. The average molecular weight is 184 g/mol. The molecule has 2 fully saturated rings. The molecule has 0 bridgehead atoms. The maximum Gasteiger partial charge on any atom is 0.306 e. The molecule has 3 heteroatoms. The van der Waals surface area contributed by atoms with Crippen LogP contribution in [-0.4, -0.2) is 25.8 Å². The summed E-state index contributed by atoms with van der Waals surface area (Å²) in [5.41, 5.74) is 0. The summed E-state index contributed by atoms with van der Waals surface area (Å²) in [6.07, 6.45) is 1.80. The molecular weight excluding hydrogens is 168 g/mol. The van der Waals surface area contributed by atoms with Crippen molar-refractivity contribution in [3.05, 3.63) is 0 Å². The lowest BCUT2D eigenvalue weighted by atomic mass is 9.89. The Kier molecular flexibility index (Phi) is 2.28. The molecule has 0 aromatic rings. The van der Waals surface area contributed by atoms with Crippen LogP contribution < -0.4 is 0 Å². The van der Waals surface area contributed by atoms with Gasteiger partial charge in [-0.3, -0.25) is 4.79 Å². The first-order valence-corrected chi connectivity index (χ1v) is 4.90. The molecule has 1 aliphatic carbocycles. The summed E-state index contributed by atoms with van der Waals surface area (Å²) in [7, 11) is 1.72. The van der Waals surface area contributed by atoms with Gasteiger partial charge in [-0.2, -0.15) is 0 Å². The lowest BCUT2D eigenvalue weighted by Gasteiger charge is -2.18. The van der Waals surface area contributed by atoms with Gasteiger partial charge in [0.05, 0.1) is 6.42 Å². The Balaban J connectivity index is 2.05. The van der Waals surface area contributed by atoms with Gasteiger partial charge in [-0.1, -0.05) is 6.92 Å². The van der Waals surface area contributed by atoms with E-state index in [1.54, 1.807) is 7.11 Å². The third-order valence-corrected chi connectivity index (χ3v) is 3.41. The van der Waals surface area contributed by atoms with Crippen molar-refractivity contribution in [2.24, 2.45) is 17.8 Å². The quantitative estimate of drug-likeness (QED) is 0.605. The summed E-state index contributed by atoms with van der Waals surface area (Å²) >= 11 is 0. The van der Waals surface area contributed by atoms with E-state index in [4.69, 9.17) is 9.47 Å². The molecule has 74 valence electrons. The van der Waals surface area contributed by atoms with Crippen molar-refractivity contribution in [3.8, 4) is 0 Å². The van der Waals surface area contributed by atoms with Gasteiger partial charge in [0.2, 0.25) is 0 Å². The summed E-state index contributed by atoms with van der Waals surface area (Å²) in [6.45, 7) is 2.98. The first kappa shape index (κ1) is 9.00. The Morgan fingerprint density at radius 2 is 2.38 bits per heavy atom. The van der Waals surface area contributed by atoms with Crippen molar-refractivity contribution in [2.45, 2.75) is 25.9 Å². The molecule has 2 rings (SSSR count). The van der Waals surface area contributed by atoms with Gasteiger partial charge in [0.15, 0.2) is 0 Å². The molecule has 0 unspecified atom stereocenters. The minimum absolute atomic E-state index is 0.0250. The van der Waals surface area contributed by atoms with E-state index in [9.17, 15) is 4.79 Å². The number of carbonyl (C=O) groups excluding carboxylic acids is 1. The van der Waals surface area contributed by atoms with Gasteiger partial charge in [-0.05, 0) is 18.3 Å². The van der Waals surface area contributed by atoms with Crippen molar-refractivity contribution in [1.82, 2.24) is 0 Å². The van der Waals surface area contributed by atoms with E-state index in [-0.39, 0.29) is 12.1 Å². The largest absolute Gasteiger partial charge is 0.462 e. The summed E-state index contributed by atoms with van der Waals surface area (Å²) in [5.74, 6) is 1.54. The standard InChI is InChI=1S/C10H16O3/c1-6-3-9-7(4-10(11)13-9)8(6)5-12-2/h6-9H,3-5H2,1-2H3/t6-,7-,8+,9+/m1/s1. The van der Waals surface area contributed by atoms with Gasteiger partial charge in [0.1, 0.15) is 6.10 Å². The molecule has 3 nitrogen and oxygen atoms in total. The van der Waals surface area contributed by atoms with Crippen LogP contribution in [0.2, 0.25) is 0 Å². The number of methoxy groups -OCH3 is 1. The topological polar surface area (TPSA) is 35.5 Å². The Bertz CT molecular complexity index is 214. The zero-order chi connectivity index (χ0) is 9.42. The molecule has 0 spiro atoms. The van der Waals surface area contributed by atoms with Gasteiger partial charge >= 0.3 is 5.97 Å². The molecule has 4 atom stereocenters. The van der Waals surface area contributed by atoms with E-state index < -0.39 is 0 Å². The lowest BCUT2D eigenvalue weighted by Crippen LogP contribution is -2.20. The van der Waals surface area contributed by atoms with Crippen LogP contribution in [0.3, 0.4) is 0 Å². The van der Waals surface area contributed by atoms with Crippen LogP contribution in [0.25, 0.3) is 0 Å². The maximum atomic E-state index is 11.1. The average Bonchev–Trinajstić information content (AvgIpc) is 2.52. The number of hydrogen-bond donors (Lipinski definition) is 0. The SMILES string of the molecule is COC[C@@H]1[C@H]2CC(=O)O[C@H]2C[C@H]1C. The number of fused-ring (bicyclic) bond motifs is 1. The van der Waals surface area contributed by atoms with E-state index >= 15 is 0 Å². The Hall–Kier alpha value is -0.570. The molecule has 1 saturated carbocycles. The van der Waals surface area contributed by atoms with Crippen LogP contribution in [0.4, 0.5) is 0 Å². The second-order valence-corrected chi connectivity index (χ2v) is 4.23. The summed E-state index contributed by atoms with van der Waals surface area (Å²) in [4.78, 5) is 11.1. The van der Waals surface area contributed by atoms with Crippen molar-refractivity contribution in [3.63, 3.8) is 0 Å². The third kappa shape index (κ3) is 1.46. The number of hydrogen-bond acceptors (Lipinski definition) is 3. The number of ether oxygens (including phenoxy) is 2. The first-order valence-electron chi connectivity index (χ1n) is 4.90. The van der Waals surface area contributed by atoms with Crippen LogP contribution in [0, 0.1) is 17.8 Å². The fourth-order valence-electron chi connectivity index (χ4n) is 2.72. The molecule has 0 aromatic carbocycles. The highest BCUT2D eigenvalue weighted by Gasteiger charge is 2.48. The highest BCUT2D eigenvalue weighted by Crippen LogP contribution is 2.44. The zero-order valence-electron chi connectivity index (χ0n) is 8.16. The Morgan fingerprint density at radius 1 is 1.62 bits per heavy atom. The van der Waals surface area contributed by atoms with E-state index in [0.29, 0.717) is 24.2 Å². The normalized spacial score (nSPS) is 43.4. The molecule has 1 aliphatic heterocycles.